The second kappa shape index (κ2) is 7.87. The molecule has 3 heterocycles. The van der Waals surface area contributed by atoms with E-state index in [1.807, 2.05) is 41.3 Å². The molecule has 5 rings (SSSR count). The van der Waals surface area contributed by atoms with Gasteiger partial charge in [0.2, 0.25) is 0 Å². The number of nitrogens with zero attached hydrogens (tertiary/aromatic N) is 3. The van der Waals surface area contributed by atoms with E-state index < -0.39 is 0 Å². The van der Waals surface area contributed by atoms with Crippen LogP contribution in [0.5, 0.6) is 0 Å². The number of carbonyl (C=O) groups is 1. The molecule has 1 spiro atoms. The van der Waals surface area contributed by atoms with Gasteiger partial charge in [-0.15, -0.1) is 0 Å². The Morgan fingerprint density at radius 1 is 1.03 bits per heavy atom. The Labute approximate surface area is 180 Å². The van der Waals surface area contributed by atoms with Gasteiger partial charge in [0.25, 0.3) is 5.91 Å². The number of carbonyl (C=O) groups excluding carboxylic acids is 1. The summed E-state index contributed by atoms with van der Waals surface area (Å²) in [6.07, 6.45) is 1.77. The fraction of sp³-hybridized carbons (Fsp3) is 0.280. The number of hydrogen-bond donors (Lipinski definition) is 1. The van der Waals surface area contributed by atoms with Crippen molar-refractivity contribution in [3.05, 3.63) is 102 Å². The van der Waals surface area contributed by atoms with Crippen molar-refractivity contribution in [1.82, 2.24) is 14.8 Å². The molecule has 2 fully saturated rings. The predicted molar refractivity (Wildman–Crippen MR) is 115 cm³/mol. The average Bonchev–Trinajstić information content (AvgIpc) is 2.77. The number of amides is 1. The number of rotatable bonds is 5. The molecule has 2 atom stereocenters. The van der Waals surface area contributed by atoms with Crippen molar-refractivity contribution in [2.75, 3.05) is 19.7 Å². The molecule has 5 nitrogen and oxygen atoms in total. The molecule has 0 saturated carbocycles. The lowest BCUT2D eigenvalue weighted by Crippen LogP contribution is -2.84. The Morgan fingerprint density at radius 2 is 1.74 bits per heavy atom. The van der Waals surface area contributed by atoms with E-state index in [1.54, 1.807) is 6.20 Å². The highest BCUT2D eigenvalue weighted by Gasteiger charge is 2.66. The lowest BCUT2D eigenvalue weighted by atomic mass is 9.60. The van der Waals surface area contributed by atoms with Crippen LogP contribution in [0.15, 0.2) is 79.0 Å². The number of halogens is 1. The third-order valence-corrected chi connectivity index (χ3v) is 6.65. The Kier molecular flexibility index (Phi) is 5.04. The maximum absolute atomic E-state index is 13.3. The minimum Gasteiger partial charge on any atom is -0.395 e. The molecule has 31 heavy (non-hydrogen) atoms. The second-order valence-corrected chi connectivity index (χ2v) is 8.36. The van der Waals surface area contributed by atoms with Gasteiger partial charge in [-0.2, -0.15) is 0 Å². The normalized spacial score (nSPS) is 22.1. The molecule has 2 saturated heterocycles. The summed E-state index contributed by atoms with van der Waals surface area (Å²) < 4.78 is 13.3. The van der Waals surface area contributed by atoms with Gasteiger partial charge in [-0.1, -0.05) is 36.4 Å². The molecule has 0 radical (unpaired) electrons. The van der Waals surface area contributed by atoms with Crippen molar-refractivity contribution < 1.29 is 14.3 Å². The maximum Gasteiger partial charge on any atom is 0.253 e. The van der Waals surface area contributed by atoms with Crippen molar-refractivity contribution >= 4 is 5.91 Å². The van der Waals surface area contributed by atoms with E-state index in [2.05, 4.69) is 22.0 Å². The summed E-state index contributed by atoms with van der Waals surface area (Å²) >= 11 is 0. The summed E-state index contributed by atoms with van der Waals surface area (Å²) in [4.78, 5) is 21.5. The molecular weight excluding hydrogens is 393 g/mol. The quantitative estimate of drug-likeness (QED) is 0.693. The molecular formula is C25H24FN3O2. The fourth-order valence-corrected chi connectivity index (χ4v) is 5.21. The van der Waals surface area contributed by atoms with E-state index in [9.17, 15) is 14.3 Å². The van der Waals surface area contributed by atoms with E-state index >= 15 is 0 Å². The van der Waals surface area contributed by atoms with Gasteiger partial charge in [0.1, 0.15) is 5.82 Å². The molecule has 1 aromatic heterocycles. The molecule has 0 unspecified atom stereocenters. The van der Waals surface area contributed by atoms with Crippen LogP contribution in [0, 0.1) is 5.82 Å². The average molecular weight is 417 g/mol. The highest BCUT2D eigenvalue weighted by molar-refractivity contribution is 5.95. The van der Waals surface area contributed by atoms with Crippen LogP contribution < -0.4 is 0 Å². The standard InChI is InChI=1S/C25H24FN3O2/c26-20-11-9-19(10-12-20)24(31)28-16-25(17-28)23(18-6-2-1-3-7-18)22(15-30)29(25)14-21-8-4-5-13-27-21/h1-13,22-23,30H,14-17H2/t22-,23-/m1/s1. The van der Waals surface area contributed by atoms with Crippen LogP contribution >= 0.6 is 0 Å². The molecule has 6 heteroatoms. The van der Waals surface area contributed by atoms with Gasteiger partial charge in [0.05, 0.1) is 17.8 Å². The Morgan fingerprint density at radius 3 is 2.39 bits per heavy atom. The molecule has 1 N–H and O–H groups in total. The summed E-state index contributed by atoms with van der Waals surface area (Å²) in [5, 5.41) is 10.2. The van der Waals surface area contributed by atoms with Gasteiger partial charge in [0, 0.05) is 43.4 Å². The number of aromatic nitrogens is 1. The maximum atomic E-state index is 13.3. The molecule has 3 aromatic rings. The van der Waals surface area contributed by atoms with Crippen LogP contribution in [0.4, 0.5) is 4.39 Å². The molecule has 2 aliphatic rings. The molecule has 2 aliphatic heterocycles. The van der Waals surface area contributed by atoms with Crippen LogP contribution in [0.1, 0.15) is 27.5 Å². The minimum atomic E-state index is -0.355. The summed E-state index contributed by atoms with van der Waals surface area (Å²) in [6.45, 7) is 1.78. The summed E-state index contributed by atoms with van der Waals surface area (Å²) in [5.41, 5.74) is 2.35. The zero-order valence-corrected chi connectivity index (χ0v) is 17.1. The summed E-state index contributed by atoms with van der Waals surface area (Å²) in [5.74, 6) is -0.325. The first kappa shape index (κ1) is 19.8. The lowest BCUT2D eigenvalue weighted by molar-refractivity contribution is -0.184. The molecule has 2 aromatic carbocycles. The van der Waals surface area contributed by atoms with Gasteiger partial charge in [-0.05, 0) is 42.0 Å². The van der Waals surface area contributed by atoms with Gasteiger partial charge in [-0.3, -0.25) is 14.7 Å². The monoisotopic (exact) mass is 417 g/mol. The van der Waals surface area contributed by atoms with Gasteiger partial charge in [-0.25, -0.2) is 4.39 Å². The van der Waals surface area contributed by atoms with Crippen molar-refractivity contribution in [2.24, 2.45) is 0 Å². The fourth-order valence-electron chi connectivity index (χ4n) is 5.21. The first-order chi connectivity index (χ1) is 15.1. The van der Waals surface area contributed by atoms with Gasteiger partial charge >= 0.3 is 0 Å². The van der Waals surface area contributed by atoms with Crippen LogP contribution in [0.2, 0.25) is 0 Å². The number of aliphatic hydroxyl groups is 1. The van der Waals surface area contributed by atoms with Crippen molar-refractivity contribution in [3.63, 3.8) is 0 Å². The number of hydrogen-bond acceptors (Lipinski definition) is 4. The van der Waals surface area contributed by atoms with Crippen molar-refractivity contribution in [2.45, 2.75) is 24.0 Å². The number of aliphatic hydroxyl groups excluding tert-OH is 1. The van der Waals surface area contributed by atoms with Gasteiger partial charge in [0.15, 0.2) is 0 Å². The zero-order chi connectivity index (χ0) is 21.4. The molecule has 1 amide bonds. The van der Waals surface area contributed by atoms with E-state index in [4.69, 9.17) is 0 Å². The largest absolute Gasteiger partial charge is 0.395 e. The van der Waals surface area contributed by atoms with E-state index in [-0.39, 0.29) is 35.8 Å². The van der Waals surface area contributed by atoms with Crippen LogP contribution in [0.25, 0.3) is 0 Å². The minimum absolute atomic E-state index is 0.0347. The molecule has 158 valence electrons. The van der Waals surface area contributed by atoms with Crippen LogP contribution in [-0.2, 0) is 6.54 Å². The highest BCUT2D eigenvalue weighted by Crippen LogP contribution is 2.54. The highest BCUT2D eigenvalue weighted by atomic mass is 19.1. The van der Waals surface area contributed by atoms with Crippen LogP contribution in [0.3, 0.4) is 0 Å². The Hall–Kier alpha value is -3.09. The first-order valence-corrected chi connectivity index (χ1v) is 10.5. The molecule has 0 bridgehead atoms. The first-order valence-electron chi connectivity index (χ1n) is 10.5. The summed E-state index contributed by atoms with van der Waals surface area (Å²) in [6, 6.07) is 21.7. The SMILES string of the molecule is O=C(c1ccc(F)cc1)N1CC2(C1)[C@H](c1ccccc1)[C@@H](CO)N2Cc1ccccn1. The van der Waals surface area contributed by atoms with Gasteiger partial charge < -0.3 is 10.0 Å². The number of benzene rings is 2. The summed E-state index contributed by atoms with van der Waals surface area (Å²) in [7, 11) is 0. The second-order valence-electron chi connectivity index (χ2n) is 8.36. The van der Waals surface area contributed by atoms with Crippen molar-refractivity contribution in [3.8, 4) is 0 Å². The van der Waals surface area contributed by atoms with Crippen molar-refractivity contribution in [1.29, 1.82) is 0 Å². The topological polar surface area (TPSA) is 56.7 Å². The third kappa shape index (κ3) is 3.32. The Bertz CT molecular complexity index is 1050. The lowest BCUT2D eigenvalue weighted by Gasteiger charge is -2.70. The Balaban J connectivity index is 1.42. The van der Waals surface area contributed by atoms with E-state index in [1.165, 1.54) is 29.8 Å². The van der Waals surface area contributed by atoms with E-state index in [0.29, 0.717) is 25.2 Å². The third-order valence-electron chi connectivity index (χ3n) is 6.65. The smallest absolute Gasteiger partial charge is 0.253 e. The number of pyridine rings is 1. The molecule has 0 aliphatic carbocycles. The predicted octanol–water partition coefficient (Wildman–Crippen LogP) is 3.08. The number of likely N-dealkylation sites (tertiary alicyclic amines) is 2. The van der Waals surface area contributed by atoms with E-state index in [0.717, 1.165) is 5.69 Å². The zero-order valence-electron chi connectivity index (χ0n) is 17.1. The van der Waals surface area contributed by atoms with Crippen LogP contribution in [-0.4, -0.2) is 57.1 Å².